The van der Waals surface area contributed by atoms with Gasteiger partial charge in [-0.1, -0.05) is 30.3 Å². The second-order valence-corrected chi connectivity index (χ2v) is 6.44. The van der Waals surface area contributed by atoms with Crippen LogP contribution >= 0.6 is 0 Å². The monoisotopic (exact) mass is 351 g/mol. The highest BCUT2D eigenvalue weighted by Crippen LogP contribution is 2.24. The van der Waals surface area contributed by atoms with Crippen molar-refractivity contribution >= 4 is 17.6 Å². The average Bonchev–Trinajstić information content (AvgIpc) is 3.05. The Labute approximate surface area is 152 Å². The number of carbonyl (C=O) groups is 1. The molecule has 0 bridgehead atoms. The molecule has 0 saturated carbocycles. The molecule has 0 spiro atoms. The molecule has 1 unspecified atom stereocenters. The lowest BCUT2D eigenvalue weighted by atomic mass is 10.1. The van der Waals surface area contributed by atoms with Gasteiger partial charge in [-0.15, -0.1) is 0 Å². The van der Waals surface area contributed by atoms with Gasteiger partial charge >= 0.3 is 0 Å². The van der Waals surface area contributed by atoms with E-state index in [1.807, 2.05) is 64.4 Å². The maximum Gasteiger partial charge on any atom is 0.293 e. The fourth-order valence-corrected chi connectivity index (χ4v) is 3.27. The topological polar surface area (TPSA) is 54.4 Å². The molecule has 2 aromatic carbocycles. The Morgan fingerprint density at radius 2 is 1.92 bits per heavy atom. The van der Waals surface area contributed by atoms with E-state index in [0.717, 1.165) is 17.0 Å². The molecule has 2 aliphatic rings. The number of nitrogens with zero attached hydrogens (tertiary/aromatic N) is 3. The molecule has 1 amide bonds. The summed E-state index contributed by atoms with van der Waals surface area (Å²) in [6.07, 6.45) is 0. The molecular formula is C20H21N3O3. The molecule has 2 aliphatic heterocycles. The van der Waals surface area contributed by atoms with Crippen molar-refractivity contribution in [3.05, 3.63) is 60.2 Å². The third-order valence-electron chi connectivity index (χ3n) is 4.69. The van der Waals surface area contributed by atoms with Crippen LogP contribution in [0.15, 0.2) is 59.6 Å². The second-order valence-electron chi connectivity index (χ2n) is 6.44. The number of carbonyl (C=O) groups excluding carboxylic acids is 1. The minimum atomic E-state index is 0.0954. The molecule has 6 heteroatoms. The van der Waals surface area contributed by atoms with E-state index in [2.05, 4.69) is 4.99 Å². The van der Waals surface area contributed by atoms with Gasteiger partial charge in [0.1, 0.15) is 18.9 Å². The number of fused-ring (bicyclic) bond motifs is 1. The van der Waals surface area contributed by atoms with E-state index in [-0.39, 0.29) is 11.9 Å². The quantitative estimate of drug-likeness (QED) is 0.849. The first-order valence-electron chi connectivity index (χ1n) is 8.67. The number of rotatable bonds is 4. The van der Waals surface area contributed by atoms with Crippen LogP contribution in [0.2, 0.25) is 0 Å². The smallest absolute Gasteiger partial charge is 0.293 e. The molecular weight excluding hydrogens is 330 g/mol. The van der Waals surface area contributed by atoms with Crippen molar-refractivity contribution < 1.29 is 14.3 Å². The van der Waals surface area contributed by atoms with Crippen molar-refractivity contribution in [3.63, 3.8) is 0 Å². The predicted octanol–water partition coefficient (Wildman–Crippen LogP) is 2.43. The summed E-state index contributed by atoms with van der Waals surface area (Å²) >= 11 is 0. The van der Waals surface area contributed by atoms with Gasteiger partial charge in [0, 0.05) is 13.1 Å². The summed E-state index contributed by atoms with van der Waals surface area (Å²) < 4.78 is 10.9. The van der Waals surface area contributed by atoms with Gasteiger partial charge in [0.15, 0.2) is 0 Å². The summed E-state index contributed by atoms with van der Waals surface area (Å²) in [4.78, 5) is 21.0. The first-order chi connectivity index (χ1) is 12.7. The highest BCUT2D eigenvalue weighted by atomic mass is 16.5. The molecule has 0 radical (unpaired) electrons. The van der Waals surface area contributed by atoms with E-state index in [1.54, 1.807) is 7.11 Å². The Hall–Kier alpha value is -3.02. The van der Waals surface area contributed by atoms with Gasteiger partial charge in [-0.3, -0.25) is 4.79 Å². The van der Waals surface area contributed by atoms with Gasteiger partial charge in [0.25, 0.3) is 6.02 Å². The zero-order valence-corrected chi connectivity index (χ0v) is 14.7. The number of piperazine rings is 1. The van der Waals surface area contributed by atoms with Crippen molar-refractivity contribution in [2.24, 2.45) is 4.99 Å². The van der Waals surface area contributed by atoms with Crippen LogP contribution in [0.3, 0.4) is 0 Å². The Morgan fingerprint density at radius 3 is 2.65 bits per heavy atom. The van der Waals surface area contributed by atoms with Crippen LogP contribution in [0.25, 0.3) is 0 Å². The van der Waals surface area contributed by atoms with Gasteiger partial charge in [-0.05, 0) is 29.8 Å². The molecule has 2 heterocycles. The Kier molecular flexibility index (Phi) is 4.48. The minimum absolute atomic E-state index is 0.0954. The summed E-state index contributed by atoms with van der Waals surface area (Å²) in [5.41, 5.74) is 1.92. The van der Waals surface area contributed by atoms with E-state index >= 15 is 0 Å². The van der Waals surface area contributed by atoms with E-state index < -0.39 is 0 Å². The van der Waals surface area contributed by atoms with Crippen LogP contribution in [0, 0.1) is 0 Å². The van der Waals surface area contributed by atoms with Gasteiger partial charge in [0.05, 0.1) is 18.8 Å². The lowest BCUT2D eigenvalue weighted by molar-refractivity contribution is -0.136. The van der Waals surface area contributed by atoms with Crippen molar-refractivity contribution in [2.45, 2.75) is 12.6 Å². The average molecular weight is 351 g/mol. The number of methoxy groups -OCH3 is 1. The zero-order valence-electron chi connectivity index (χ0n) is 14.7. The standard InChI is InChI=1S/C20H21N3O3/c1-25-18-9-7-16(8-10-18)21-20-23-13-19(24)22(12-17(23)14-26-20)11-15-5-3-2-4-6-15/h2-10,17H,11-14H2,1H3. The Bertz CT molecular complexity index is 805. The summed E-state index contributed by atoms with van der Waals surface area (Å²) in [6.45, 7) is 2.13. The number of hydrogen-bond acceptors (Lipinski definition) is 4. The second kappa shape index (κ2) is 7.07. The fourth-order valence-electron chi connectivity index (χ4n) is 3.27. The van der Waals surface area contributed by atoms with Crippen LogP contribution in [0.5, 0.6) is 5.75 Å². The van der Waals surface area contributed by atoms with Crippen molar-refractivity contribution in [1.82, 2.24) is 9.80 Å². The minimum Gasteiger partial charge on any atom is -0.497 e. The number of amides is 1. The number of amidine groups is 1. The van der Waals surface area contributed by atoms with Crippen molar-refractivity contribution in [1.29, 1.82) is 0 Å². The van der Waals surface area contributed by atoms with Crippen LogP contribution in [0.1, 0.15) is 5.56 Å². The third-order valence-corrected chi connectivity index (χ3v) is 4.69. The first kappa shape index (κ1) is 16.4. The van der Waals surface area contributed by atoms with E-state index in [0.29, 0.717) is 32.3 Å². The third kappa shape index (κ3) is 3.35. The van der Waals surface area contributed by atoms with Gasteiger partial charge in [-0.25, -0.2) is 0 Å². The zero-order chi connectivity index (χ0) is 17.9. The highest BCUT2D eigenvalue weighted by molar-refractivity contribution is 5.87. The number of benzene rings is 2. The maximum absolute atomic E-state index is 12.6. The lowest BCUT2D eigenvalue weighted by Gasteiger charge is -2.36. The lowest BCUT2D eigenvalue weighted by Crippen LogP contribution is -2.55. The number of hydrogen-bond donors (Lipinski definition) is 0. The highest BCUT2D eigenvalue weighted by Gasteiger charge is 2.39. The molecule has 26 heavy (non-hydrogen) atoms. The molecule has 134 valence electrons. The fraction of sp³-hybridized carbons (Fsp3) is 0.300. The molecule has 0 aromatic heterocycles. The van der Waals surface area contributed by atoms with Crippen molar-refractivity contribution in [3.8, 4) is 5.75 Å². The summed E-state index contributed by atoms with van der Waals surface area (Å²) in [7, 11) is 1.63. The number of ether oxygens (including phenoxy) is 2. The predicted molar refractivity (Wildman–Crippen MR) is 98.4 cm³/mol. The molecule has 1 atom stereocenters. The van der Waals surface area contributed by atoms with Gasteiger partial charge in [0.2, 0.25) is 5.91 Å². The molecule has 2 fully saturated rings. The molecule has 0 N–H and O–H groups in total. The largest absolute Gasteiger partial charge is 0.497 e. The molecule has 2 aromatic rings. The summed E-state index contributed by atoms with van der Waals surface area (Å²) in [6, 6.07) is 18.2. The number of aliphatic imine (C=N–C) groups is 1. The van der Waals surface area contributed by atoms with E-state index in [1.165, 1.54) is 0 Å². The molecule has 0 aliphatic carbocycles. The molecule has 4 rings (SSSR count). The van der Waals surface area contributed by atoms with Gasteiger partial charge < -0.3 is 19.3 Å². The normalized spacial score (nSPS) is 20.9. The van der Waals surface area contributed by atoms with Crippen LogP contribution in [-0.2, 0) is 16.1 Å². The van der Waals surface area contributed by atoms with Crippen LogP contribution in [0.4, 0.5) is 5.69 Å². The SMILES string of the molecule is COc1ccc(N=C2OCC3CN(Cc4ccccc4)C(=O)CN23)cc1. The Balaban J connectivity index is 1.46. The van der Waals surface area contributed by atoms with Crippen molar-refractivity contribution in [2.75, 3.05) is 26.8 Å². The van der Waals surface area contributed by atoms with Crippen LogP contribution in [-0.4, -0.2) is 54.6 Å². The summed E-state index contributed by atoms with van der Waals surface area (Å²) in [5.74, 6) is 0.877. The Morgan fingerprint density at radius 1 is 1.15 bits per heavy atom. The van der Waals surface area contributed by atoms with E-state index in [9.17, 15) is 4.79 Å². The molecule has 6 nitrogen and oxygen atoms in total. The van der Waals surface area contributed by atoms with Crippen LogP contribution < -0.4 is 4.74 Å². The van der Waals surface area contributed by atoms with Gasteiger partial charge in [-0.2, -0.15) is 4.99 Å². The summed E-state index contributed by atoms with van der Waals surface area (Å²) in [5, 5.41) is 0. The molecule has 2 saturated heterocycles. The van der Waals surface area contributed by atoms with E-state index in [4.69, 9.17) is 9.47 Å². The first-order valence-corrected chi connectivity index (χ1v) is 8.67. The maximum atomic E-state index is 12.6.